The van der Waals surface area contributed by atoms with Gasteiger partial charge in [-0.15, -0.1) is 0 Å². The first kappa shape index (κ1) is 11.2. The third kappa shape index (κ3) is 2.83. The van der Waals surface area contributed by atoms with Gasteiger partial charge in [-0.25, -0.2) is 0 Å². The molecule has 2 nitrogen and oxygen atoms in total. The summed E-state index contributed by atoms with van der Waals surface area (Å²) in [6.45, 7) is 1.92. The number of nitrogens with zero attached hydrogens (tertiary/aromatic N) is 1. The van der Waals surface area contributed by atoms with Crippen LogP contribution >= 0.6 is 0 Å². The van der Waals surface area contributed by atoms with Crippen molar-refractivity contribution in [2.75, 3.05) is 0 Å². The van der Waals surface area contributed by atoms with Crippen molar-refractivity contribution in [2.24, 2.45) is 11.8 Å². The van der Waals surface area contributed by atoms with Gasteiger partial charge in [0.2, 0.25) is 0 Å². The van der Waals surface area contributed by atoms with Crippen molar-refractivity contribution in [3.63, 3.8) is 0 Å². The fourth-order valence-corrected chi connectivity index (χ4v) is 2.20. The Bertz CT molecular complexity index is 221. The number of ketones is 1. The molecule has 0 aromatic carbocycles. The summed E-state index contributed by atoms with van der Waals surface area (Å²) in [6.07, 6.45) is 7.54. The lowest BCUT2D eigenvalue weighted by atomic mass is 9.87. The summed E-state index contributed by atoms with van der Waals surface area (Å²) in [6, 6.07) is 2.12. The van der Waals surface area contributed by atoms with Crippen molar-refractivity contribution in [2.45, 2.75) is 51.9 Å². The highest BCUT2D eigenvalue weighted by molar-refractivity contribution is 5.85. The average Bonchev–Trinajstić information content (AvgIpc) is 2.47. The lowest BCUT2D eigenvalue weighted by Crippen LogP contribution is -2.21. The molecule has 0 radical (unpaired) electrons. The number of hydrogen-bond acceptors (Lipinski definition) is 2. The Labute approximate surface area is 86.3 Å². The SMILES string of the molecule is CCC(C#N)C(=O)C1CCCCCC1. The van der Waals surface area contributed by atoms with Crippen LogP contribution in [-0.4, -0.2) is 5.78 Å². The number of carbonyl (C=O) groups is 1. The van der Waals surface area contributed by atoms with Gasteiger partial charge in [-0.1, -0.05) is 32.6 Å². The van der Waals surface area contributed by atoms with Crippen LogP contribution in [0.4, 0.5) is 0 Å². The lowest BCUT2D eigenvalue weighted by Gasteiger charge is -2.14. The minimum absolute atomic E-state index is 0.182. The van der Waals surface area contributed by atoms with Gasteiger partial charge >= 0.3 is 0 Å². The normalized spacial score (nSPS) is 20.9. The maximum Gasteiger partial charge on any atom is 0.153 e. The molecule has 0 N–H and O–H groups in total. The first-order chi connectivity index (χ1) is 6.79. The third-order valence-corrected chi connectivity index (χ3v) is 3.17. The van der Waals surface area contributed by atoms with E-state index in [9.17, 15) is 4.79 Å². The summed E-state index contributed by atoms with van der Waals surface area (Å²) < 4.78 is 0. The summed E-state index contributed by atoms with van der Waals surface area (Å²) in [7, 11) is 0. The molecule has 0 saturated heterocycles. The van der Waals surface area contributed by atoms with Crippen LogP contribution in [0.15, 0.2) is 0 Å². The summed E-state index contributed by atoms with van der Waals surface area (Å²) in [5.41, 5.74) is 0. The fourth-order valence-electron chi connectivity index (χ4n) is 2.20. The Kier molecular flexibility index (Phi) is 4.65. The molecule has 1 aliphatic rings. The highest BCUT2D eigenvalue weighted by atomic mass is 16.1. The molecule has 1 rings (SSSR count). The number of hydrogen-bond donors (Lipinski definition) is 0. The van der Waals surface area contributed by atoms with Gasteiger partial charge in [0.1, 0.15) is 5.92 Å². The number of rotatable bonds is 3. The van der Waals surface area contributed by atoms with Crippen LogP contribution in [-0.2, 0) is 4.79 Å². The van der Waals surface area contributed by atoms with Gasteiger partial charge in [0.25, 0.3) is 0 Å². The Morgan fingerprint density at radius 1 is 1.36 bits per heavy atom. The van der Waals surface area contributed by atoms with Crippen LogP contribution < -0.4 is 0 Å². The van der Waals surface area contributed by atoms with Crippen LogP contribution in [0.3, 0.4) is 0 Å². The zero-order valence-electron chi connectivity index (χ0n) is 8.96. The van der Waals surface area contributed by atoms with Gasteiger partial charge in [-0.05, 0) is 19.3 Å². The molecule has 1 unspecified atom stereocenters. The van der Waals surface area contributed by atoms with Crippen LogP contribution in [0.25, 0.3) is 0 Å². The van der Waals surface area contributed by atoms with Crippen molar-refractivity contribution in [1.82, 2.24) is 0 Å². The predicted molar refractivity (Wildman–Crippen MR) is 55.6 cm³/mol. The molecule has 0 aromatic rings. The first-order valence-electron chi connectivity index (χ1n) is 5.73. The molecule has 0 aromatic heterocycles. The minimum Gasteiger partial charge on any atom is -0.298 e. The van der Waals surface area contributed by atoms with E-state index in [0.717, 1.165) is 25.7 Å². The highest BCUT2D eigenvalue weighted by Gasteiger charge is 2.25. The van der Waals surface area contributed by atoms with Crippen molar-refractivity contribution in [3.8, 4) is 6.07 Å². The van der Waals surface area contributed by atoms with E-state index in [2.05, 4.69) is 6.07 Å². The van der Waals surface area contributed by atoms with E-state index >= 15 is 0 Å². The van der Waals surface area contributed by atoms with Crippen LogP contribution in [0.2, 0.25) is 0 Å². The van der Waals surface area contributed by atoms with Gasteiger partial charge in [0.05, 0.1) is 6.07 Å². The topological polar surface area (TPSA) is 40.9 Å². The molecule has 0 amide bonds. The molecule has 0 heterocycles. The molecule has 0 aliphatic heterocycles. The monoisotopic (exact) mass is 193 g/mol. The Hall–Kier alpha value is -0.840. The van der Waals surface area contributed by atoms with E-state index < -0.39 is 0 Å². The summed E-state index contributed by atoms with van der Waals surface area (Å²) >= 11 is 0. The molecule has 1 fully saturated rings. The molecule has 1 saturated carbocycles. The maximum atomic E-state index is 11.9. The standard InChI is InChI=1S/C12H19NO/c1-2-10(9-13)12(14)11-7-5-3-4-6-8-11/h10-11H,2-8H2,1H3. The highest BCUT2D eigenvalue weighted by Crippen LogP contribution is 2.26. The number of carbonyl (C=O) groups excluding carboxylic acids is 1. The van der Waals surface area contributed by atoms with Crippen LogP contribution in [0.1, 0.15) is 51.9 Å². The van der Waals surface area contributed by atoms with Crippen LogP contribution in [0, 0.1) is 23.2 Å². The van der Waals surface area contributed by atoms with Gasteiger partial charge in [0, 0.05) is 5.92 Å². The maximum absolute atomic E-state index is 11.9. The second-order valence-electron chi connectivity index (χ2n) is 4.18. The smallest absolute Gasteiger partial charge is 0.153 e. The Morgan fingerprint density at radius 2 is 1.93 bits per heavy atom. The zero-order chi connectivity index (χ0) is 10.4. The quantitative estimate of drug-likeness (QED) is 0.646. The molecule has 14 heavy (non-hydrogen) atoms. The third-order valence-electron chi connectivity index (χ3n) is 3.17. The van der Waals surface area contributed by atoms with E-state index in [1.54, 1.807) is 0 Å². The van der Waals surface area contributed by atoms with Crippen molar-refractivity contribution < 1.29 is 4.79 Å². The second-order valence-corrected chi connectivity index (χ2v) is 4.18. The van der Waals surface area contributed by atoms with Crippen molar-refractivity contribution >= 4 is 5.78 Å². The van der Waals surface area contributed by atoms with Crippen molar-refractivity contribution in [3.05, 3.63) is 0 Å². The Balaban J connectivity index is 2.53. The van der Waals surface area contributed by atoms with E-state index in [4.69, 9.17) is 5.26 Å². The van der Waals surface area contributed by atoms with Crippen LogP contribution in [0.5, 0.6) is 0 Å². The van der Waals surface area contributed by atoms with E-state index in [-0.39, 0.29) is 17.6 Å². The molecule has 0 bridgehead atoms. The van der Waals surface area contributed by atoms with Gasteiger partial charge < -0.3 is 0 Å². The van der Waals surface area contributed by atoms with E-state index in [1.807, 2.05) is 6.92 Å². The number of Topliss-reactive ketones (excluding diaryl/α,β-unsaturated/α-hetero) is 1. The first-order valence-corrected chi connectivity index (χ1v) is 5.73. The lowest BCUT2D eigenvalue weighted by molar-refractivity contribution is -0.125. The molecule has 1 atom stereocenters. The van der Waals surface area contributed by atoms with Gasteiger partial charge in [0.15, 0.2) is 5.78 Å². The van der Waals surface area contributed by atoms with E-state index in [1.165, 1.54) is 12.8 Å². The molecular formula is C12H19NO. The molecule has 78 valence electrons. The fraction of sp³-hybridized carbons (Fsp3) is 0.833. The molecular weight excluding hydrogens is 174 g/mol. The molecule has 1 aliphatic carbocycles. The number of nitriles is 1. The van der Waals surface area contributed by atoms with Crippen molar-refractivity contribution in [1.29, 1.82) is 5.26 Å². The largest absolute Gasteiger partial charge is 0.298 e. The summed E-state index contributed by atoms with van der Waals surface area (Å²) in [5.74, 6) is 0.0390. The van der Waals surface area contributed by atoms with Gasteiger partial charge in [-0.2, -0.15) is 5.26 Å². The Morgan fingerprint density at radius 3 is 2.36 bits per heavy atom. The minimum atomic E-state index is -0.349. The van der Waals surface area contributed by atoms with E-state index in [0.29, 0.717) is 6.42 Å². The molecule has 2 heteroatoms. The van der Waals surface area contributed by atoms with Gasteiger partial charge in [-0.3, -0.25) is 4.79 Å². The summed E-state index contributed by atoms with van der Waals surface area (Å²) in [4.78, 5) is 11.9. The average molecular weight is 193 g/mol. The predicted octanol–water partition coefficient (Wildman–Crippen LogP) is 3.08. The summed E-state index contributed by atoms with van der Waals surface area (Å²) in [5, 5.41) is 8.83. The molecule has 0 spiro atoms. The second kappa shape index (κ2) is 5.80. The zero-order valence-corrected chi connectivity index (χ0v) is 8.96.